The molecule has 1 aromatic rings. The van der Waals surface area contributed by atoms with E-state index in [2.05, 4.69) is 0 Å². The summed E-state index contributed by atoms with van der Waals surface area (Å²) < 4.78 is 39.4. The minimum Gasteiger partial charge on any atom is -0.330 e. The molecule has 0 saturated heterocycles. The van der Waals surface area contributed by atoms with E-state index in [1.807, 2.05) is 0 Å². The lowest BCUT2D eigenvalue weighted by molar-refractivity contribution is 0.204. The van der Waals surface area contributed by atoms with Gasteiger partial charge in [-0.1, -0.05) is 25.0 Å². The summed E-state index contributed by atoms with van der Waals surface area (Å²) in [5.74, 6) is -0.232. The molecule has 2 atom stereocenters. The summed E-state index contributed by atoms with van der Waals surface area (Å²) in [5, 5.41) is 0. The molecule has 6 heteroatoms. The molecule has 4 nitrogen and oxygen atoms in total. The lowest BCUT2D eigenvalue weighted by Gasteiger charge is -2.36. The second-order valence-corrected chi connectivity index (χ2v) is 7.77. The number of nitrogens with zero attached hydrogens (tertiary/aromatic N) is 1. The van der Waals surface area contributed by atoms with Crippen molar-refractivity contribution in [2.45, 2.75) is 37.5 Å². The van der Waals surface area contributed by atoms with Crippen LogP contribution in [0.1, 0.15) is 31.2 Å². The van der Waals surface area contributed by atoms with E-state index in [-0.39, 0.29) is 23.5 Å². The van der Waals surface area contributed by atoms with Crippen molar-refractivity contribution < 1.29 is 12.8 Å². The van der Waals surface area contributed by atoms with Crippen LogP contribution in [0.2, 0.25) is 0 Å². The van der Waals surface area contributed by atoms with Gasteiger partial charge in [0.25, 0.3) is 0 Å². The van der Waals surface area contributed by atoms with Crippen LogP contribution in [0, 0.1) is 11.7 Å². The predicted molar refractivity (Wildman–Crippen MR) is 81.6 cm³/mol. The topological polar surface area (TPSA) is 63.4 Å². The molecule has 0 spiro atoms. The summed E-state index contributed by atoms with van der Waals surface area (Å²) in [5.41, 5.74) is 6.38. The van der Waals surface area contributed by atoms with Gasteiger partial charge in [0, 0.05) is 13.1 Å². The fraction of sp³-hybridized carbons (Fsp3) is 0.600. The van der Waals surface area contributed by atoms with Crippen LogP contribution < -0.4 is 5.73 Å². The molecule has 1 aliphatic carbocycles. The maximum Gasteiger partial charge on any atom is 0.218 e. The highest BCUT2D eigenvalue weighted by Crippen LogP contribution is 2.29. The van der Waals surface area contributed by atoms with Gasteiger partial charge in [-0.15, -0.1) is 0 Å². The normalized spacial score (nSPS) is 23.4. The smallest absolute Gasteiger partial charge is 0.218 e. The average Bonchev–Trinajstić information content (AvgIpc) is 2.48. The fourth-order valence-electron chi connectivity index (χ4n) is 3.04. The predicted octanol–water partition coefficient (Wildman–Crippen LogP) is 2.10. The summed E-state index contributed by atoms with van der Waals surface area (Å²) in [6.45, 7) is 0.515. The van der Waals surface area contributed by atoms with Gasteiger partial charge in [-0.05, 0) is 43.0 Å². The van der Waals surface area contributed by atoms with E-state index in [1.165, 1.54) is 28.6 Å². The molecule has 0 heterocycles. The van der Waals surface area contributed by atoms with Crippen LogP contribution >= 0.6 is 0 Å². The number of nitrogens with two attached hydrogens (primary N) is 1. The molecular formula is C15H23FN2O2S. The van der Waals surface area contributed by atoms with E-state index < -0.39 is 10.0 Å². The lowest BCUT2D eigenvalue weighted by Crippen LogP contribution is -2.46. The average molecular weight is 314 g/mol. The van der Waals surface area contributed by atoms with Gasteiger partial charge >= 0.3 is 0 Å². The van der Waals surface area contributed by atoms with Crippen molar-refractivity contribution in [3.05, 3.63) is 35.6 Å². The maximum absolute atomic E-state index is 12.9. The number of halogens is 1. The molecular weight excluding hydrogens is 291 g/mol. The first kappa shape index (κ1) is 16.4. The maximum atomic E-state index is 12.9. The molecule has 118 valence electrons. The number of sulfonamides is 1. The molecule has 1 aromatic carbocycles. The molecule has 1 aliphatic rings. The first-order chi connectivity index (χ1) is 9.94. The van der Waals surface area contributed by atoms with E-state index in [1.54, 1.807) is 7.05 Å². The fourth-order valence-corrected chi connectivity index (χ4v) is 4.55. The Balaban J connectivity index is 2.12. The summed E-state index contributed by atoms with van der Waals surface area (Å²) in [7, 11) is -1.78. The Morgan fingerprint density at radius 2 is 1.86 bits per heavy atom. The Bertz CT molecular complexity index is 560. The molecule has 0 radical (unpaired) electrons. The zero-order chi connectivity index (χ0) is 15.5. The zero-order valence-corrected chi connectivity index (χ0v) is 13.2. The van der Waals surface area contributed by atoms with Gasteiger partial charge in [-0.25, -0.2) is 17.1 Å². The minimum atomic E-state index is -3.41. The van der Waals surface area contributed by atoms with Crippen molar-refractivity contribution in [2.24, 2.45) is 11.7 Å². The Hall–Kier alpha value is -0.980. The number of benzene rings is 1. The Labute approximate surface area is 126 Å². The highest BCUT2D eigenvalue weighted by molar-refractivity contribution is 7.88. The van der Waals surface area contributed by atoms with Crippen molar-refractivity contribution in [3.8, 4) is 0 Å². The van der Waals surface area contributed by atoms with E-state index >= 15 is 0 Å². The van der Waals surface area contributed by atoms with Gasteiger partial charge < -0.3 is 5.73 Å². The van der Waals surface area contributed by atoms with Crippen LogP contribution in [0.3, 0.4) is 0 Å². The molecule has 0 bridgehead atoms. The molecule has 0 aliphatic heterocycles. The lowest BCUT2D eigenvalue weighted by atomic mass is 9.85. The van der Waals surface area contributed by atoms with Crippen molar-refractivity contribution in [1.29, 1.82) is 0 Å². The molecule has 0 amide bonds. The monoisotopic (exact) mass is 314 g/mol. The third-order valence-corrected chi connectivity index (χ3v) is 6.19. The van der Waals surface area contributed by atoms with Gasteiger partial charge in [0.15, 0.2) is 0 Å². The third-order valence-electron chi connectivity index (χ3n) is 4.34. The molecule has 2 unspecified atom stereocenters. The Morgan fingerprint density at radius 3 is 2.48 bits per heavy atom. The highest BCUT2D eigenvalue weighted by Gasteiger charge is 2.33. The van der Waals surface area contributed by atoms with E-state index in [9.17, 15) is 12.8 Å². The highest BCUT2D eigenvalue weighted by atomic mass is 32.2. The van der Waals surface area contributed by atoms with E-state index in [0.29, 0.717) is 12.1 Å². The van der Waals surface area contributed by atoms with Crippen LogP contribution in [0.15, 0.2) is 24.3 Å². The molecule has 2 N–H and O–H groups in total. The van der Waals surface area contributed by atoms with Crippen LogP contribution in [0.25, 0.3) is 0 Å². The van der Waals surface area contributed by atoms with E-state index in [4.69, 9.17) is 5.73 Å². The van der Waals surface area contributed by atoms with Crippen LogP contribution in [-0.4, -0.2) is 32.4 Å². The second kappa shape index (κ2) is 6.85. The van der Waals surface area contributed by atoms with Gasteiger partial charge in [-0.2, -0.15) is 0 Å². The van der Waals surface area contributed by atoms with E-state index in [0.717, 1.165) is 25.7 Å². The van der Waals surface area contributed by atoms with Crippen molar-refractivity contribution >= 4 is 10.0 Å². The number of rotatable bonds is 5. The molecule has 1 fully saturated rings. The van der Waals surface area contributed by atoms with Crippen molar-refractivity contribution in [3.63, 3.8) is 0 Å². The molecule has 2 rings (SSSR count). The van der Waals surface area contributed by atoms with Gasteiger partial charge in [0.2, 0.25) is 10.0 Å². The summed E-state index contributed by atoms with van der Waals surface area (Å²) in [6, 6.07) is 5.58. The number of hydrogen-bond acceptors (Lipinski definition) is 3. The Kier molecular flexibility index (Phi) is 5.35. The first-order valence-corrected chi connectivity index (χ1v) is 8.95. The molecule has 0 aromatic heterocycles. The van der Waals surface area contributed by atoms with Crippen molar-refractivity contribution in [2.75, 3.05) is 13.6 Å². The Morgan fingerprint density at radius 1 is 1.24 bits per heavy atom. The largest absolute Gasteiger partial charge is 0.330 e. The minimum absolute atomic E-state index is 0.0193. The van der Waals surface area contributed by atoms with Crippen LogP contribution in [0.4, 0.5) is 4.39 Å². The quantitative estimate of drug-likeness (QED) is 0.905. The van der Waals surface area contributed by atoms with Crippen LogP contribution in [-0.2, 0) is 15.8 Å². The first-order valence-electron chi connectivity index (χ1n) is 7.34. The number of hydrogen-bond donors (Lipinski definition) is 1. The van der Waals surface area contributed by atoms with Gasteiger partial charge in [-0.3, -0.25) is 0 Å². The van der Waals surface area contributed by atoms with Gasteiger partial charge in [0.1, 0.15) is 5.82 Å². The summed E-state index contributed by atoms with van der Waals surface area (Å²) in [4.78, 5) is 0. The SMILES string of the molecule is CN(C1CCCCC1CN)S(=O)(=O)Cc1ccc(F)cc1. The third kappa shape index (κ3) is 4.02. The van der Waals surface area contributed by atoms with Crippen LogP contribution in [0.5, 0.6) is 0 Å². The molecule has 1 saturated carbocycles. The summed E-state index contributed by atoms with van der Waals surface area (Å²) in [6.07, 6.45) is 4.00. The van der Waals surface area contributed by atoms with Crippen molar-refractivity contribution in [1.82, 2.24) is 4.31 Å². The molecule has 21 heavy (non-hydrogen) atoms. The standard InChI is InChI=1S/C15H23FN2O2S/c1-18(15-5-3-2-4-13(15)10-17)21(19,20)11-12-6-8-14(16)9-7-12/h6-9,13,15H,2-5,10-11,17H2,1H3. The summed E-state index contributed by atoms with van der Waals surface area (Å²) >= 11 is 0. The second-order valence-electron chi connectivity index (χ2n) is 5.75. The van der Waals surface area contributed by atoms with Gasteiger partial charge in [0.05, 0.1) is 5.75 Å². The zero-order valence-electron chi connectivity index (χ0n) is 12.3.